The minimum Gasteiger partial charge on any atom is -0.273 e. The van der Waals surface area contributed by atoms with E-state index >= 15 is 0 Å². The summed E-state index contributed by atoms with van der Waals surface area (Å²) in [6.45, 7) is 0. The molecule has 0 unspecified atom stereocenters. The molecule has 1 aromatic carbocycles. The van der Waals surface area contributed by atoms with Crippen LogP contribution in [0.4, 0.5) is 0 Å². The summed E-state index contributed by atoms with van der Waals surface area (Å²) < 4.78 is 27.2. The average molecular weight is 356 g/mol. The van der Waals surface area contributed by atoms with E-state index in [9.17, 15) is 13.2 Å². The van der Waals surface area contributed by atoms with Crippen LogP contribution in [-0.2, 0) is 20.2 Å². The topological polar surface area (TPSA) is 63.2 Å². The quantitative estimate of drug-likeness (QED) is 0.914. The smallest absolute Gasteiger partial charge is 0.273 e. The monoisotopic (exact) mass is 355 g/mol. The Morgan fingerprint density at radius 3 is 2.32 bits per heavy atom. The van der Waals surface area contributed by atoms with Crippen molar-refractivity contribution in [1.29, 1.82) is 0 Å². The van der Waals surface area contributed by atoms with Crippen molar-refractivity contribution in [3.8, 4) is 0 Å². The molecular weight excluding hydrogens is 342 g/mol. The maximum absolute atomic E-state index is 12.6. The molecule has 1 saturated carbocycles. The molecule has 0 spiro atoms. The van der Waals surface area contributed by atoms with Crippen LogP contribution in [0.3, 0.4) is 0 Å². The van der Waals surface area contributed by atoms with Gasteiger partial charge in [-0.15, -0.1) is 11.3 Å². The summed E-state index contributed by atoms with van der Waals surface area (Å²) in [6.07, 6.45) is 2.22. The normalized spacial score (nSPS) is 16.8. The van der Waals surface area contributed by atoms with Crippen molar-refractivity contribution < 1.29 is 13.2 Å². The Kier molecular flexibility index (Phi) is 4.01. The zero-order valence-corrected chi connectivity index (χ0v) is 14.0. The van der Waals surface area contributed by atoms with Crippen molar-refractivity contribution in [3.63, 3.8) is 0 Å². The zero-order chi connectivity index (χ0) is 15.8. The summed E-state index contributed by atoms with van der Waals surface area (Å²) in [5.41, 5.74) is 0.119. The van der Waals surface area contributed by atoms with Gasteiger partial charge in [0.25, 0.3) is 10.0 Å². The second-order valence-electron chi connectivity index (χ2n) is 5.29. The SMILES string of the molecule is O=C(NS(=O)(=O)c1ccc(Cl)s1)C1(c2ccccc2)CCC1. The molecule has 1 amide bonds. The first-order chi connectivity index (χ1) is 10.4. The van der Waals surface area contributed by atoms with Gasteiger partial charge in [-0.05, 0) is 30.5 Å². The molecule has 22 heavy (non-hydrogen) atoms. The third kappa shape index (κ3) is 2.66. The summed E-state index contributed by atoms with van der Waals surface area (Å²) in [6, 6.07) is 12.2. The second-order valence-corrected chi connectivity index (χ2v) is 8.92. The summed E-state index contributed by atoms with van der Waals surface area (Å²) in [5, 5.41) is 0. The lowest BCUT2D eigenvalue weighted by atomic mass is 9.64. The van der Waals surface area contributed by atoms with E-state index in [-0.39, 0.29) is 4.21 Å². The van der Waals surface area contributed by atoms with Gasteiger partial charge in [-0.25, -0.2) is 13.1 Å². The molecule has 1 aliphatic carbocycles. The number of amides is 1. The van der Waals surface area contributed by atoms with Gasteiger partial charge in [0.1, 0.15) is 4.21 Å². The Hall–Kier alpha value is -1.37. The van der Waals surface area contributed by atoms with Gasteiger partial charge in [0.15, 0.2) is 0 Å². The van der Waals surface area contributed by atoms with Crippen molar-refractivity contribution in [2.24, 2.45) is 0 Å². The van der Waals surface area contributed by atoms with E-state index in [0.29, 0.717) is 17.2 Å². The lowest BCUT2D eigenvalue weighted by Gasteiger charge is -2.40. The van der Waals surface area contributed by atoms with Crippen LogP contribution in [0.1, 0.15) is 24.8 Å². The summed E-state index contributed by atoms with van der Waals surface area (Å²) >= 11 is 6.70. The fourth-order valence-corrected chi connectivity index (χ4v) is 5.18. The molecule has 1 aliphatic rings. The minimum absolute atomic E-state index is 0.0494. The van der Waals surface area contributed by atoms with Crippen molar-refractivity contribution in [2.75, 3.05) is 0 Å². The lowest BCUT2D eigenvalue weighted by Crippen LogP contribution is -2.50. The predicted molar refractivity (Wildman–Crippen MR) is 86.6 cm³/mol. The van der Waals surface area contributed by atoms with Crippen molar-refractivity contribution in [3.05, 3.63) is 52.4 Å². The molecule has 0 radical (unpaired) electrons. The number of halogens is 1. The number of sulfonamides is 1. The van der Waals surface area contributed by atoms with Gasteiger partial charge in [-0.1, -0.05) is 48.4 Å². The molecule has 0 aliphatic heterocycles. The van der Waals surface area contributed by atoms with Gasteiger partial charge >= 0.3 is 0 Å². The van der Waals surface area contributed by atoms with Crippen molar-refractivity contribution >= 4 is 38.9 Å². The fourth-order valence-electron chi connectivity index (χ4n) is 2.65. The van der Waals surface area contributed by atoms with Gasteiger partial charge in [0.2, 0.25) is 5.91 Å². The van der Waals surface area contributed by atoms with E-state index in [0.717, 1.165) is 23.3 Å². The van der Waals surface area contributed by atoms with E-state index in [1.54, 1.807) is 0 Å². The van der Waals surface area contributed by atoms with Crippen LogP contribution >= 0.6 is 22.9 Å². The third-order valence-electron chi connectivity index (χ3n) is 4.01. The number of rotatable bonds is 4. The van der Waals surface area contributed by atoms with E-state index in [1.807, 2.05) is 30.3 Å². The lowest BCUT2D eigenvalue weighted by molar-refractivity contribution is -0.128. The Morgan fingerprint density at radius 2 is 1.82 bits per heavy atom. The molecule has 0 saturated heterocycles. The summed E-state index contributed by atoms with van der Waals surface area (Å²) in [4.78, 5) is 12.6. The van der Waals surface area contributed by atoms with Crippen LogP contribution in [0.25, 0.3) is 0 Å². The summed E-state index contributed by atoms with van der Waals surface area (Å²) in [7, 11) is -3.87. The van der Waals surface area contributed by atoms with Gasteiger partial charge < -0.3 is 0 Å². The first-order valence-corrected chi connectivity index (χ1v) is 9.50. The maximum Gasteiger partial charge on any atom is 0.273 e. The van der Waals surface area contributed by atoms with E-state index in [2.05, 4.69) is 4.72 Å². The highest BCUT2D eigenvalue weighted by Crippen LogP contribution is 2.44. The van der Waals surface area contributed by atoms with Gasteiger partial charge in [-0.2, -0.15) is 0 Å². The Balaban J connectivity index is 1.87. The average Bonchev–Trinajstić information content (AvgIpc) is 2.86. The highest BCUT2D eigenvalue weighted by molar-refractivity contribution is 7.92. The molecule has 1 fully saturated rings. The number of carbonyl (C=O) groups is 1. The number of hydrogen-bond donors (Lipinski definition) is 1. The molecule has 1 aromatic heterocycles. The molecule has 3 rings (SSSR count). The van der Waals surface area contributed by atoms with Crippen LogP contribution in [-0.4, -0.2) is 14.3 Å². The molecule has 7 heteroatoms. The number of hydrogen-bond acceptors (Lipinski definition) is 4. The Labute approximate surface area is 138 Å². The van der Waals surface area contributed by atoms with Crippen LogP contribution < -0.4 is 4.72 Å². The Bertz CT molecular complexity index is 795. The van der Waals surface area contributed by atoms with E-state index in [4.69, 9.17) is 11.6 Å². The van der Waals surface area contributed by atoms with Crippen molar-refractivity contribution in [2.45, 2.75) is 28.9 Å². The molecule has 0 bridgehead atoms. The number of nitrogens with one attached hydrogen (secondary N) is 1. The third-order valence-corrected chi connectivity index (χ3v) is 7.06. The van der Waals surface area contributed by atoms with Crippen LogP contribution in [0.2, 0.25) is 4.34 Å². The predicted octanol–water partition coefficient (Wildman–Crippen LogP) is 3.33. The van der Waals surface area contributed by atoms with Crippen LogP contribution in [0.5, 0.6) is 0 Å². The maximum atomic E-state index is 12.6. The van der Waals surface area contributed by atoms with E-state index < -0.39 is 21.3 Å². The second kappa shape index (κ2) is 5.68. The largest absolute Gasteiger partial charge is 0.273 e. The molecule has 1 N–H and O–H groups in total. The van der Waals surface area contributed by atoms with Crippen LogP contribution in [0, 0.1) is 0 Å². The highest BCUT2D eigenvalue weighted by Gasteiger charge is 2.46. The Morgan fingerprint density at radius 1 is 1.14 bits per heavy atom. The molecule has 2 aromatic rings. The van der Waals surface area contributed by atoms with Gasteiger partial charge in [0, 0.05) is 0 Å². The fraction of sp³-hybridized carbons (Fsp3) is 0.267. The molecule has 1 heterocycles. The van der Waals surface area contributed by atoms with E-state index in [1.165, 1.54) is 12.1 Å². The highest BCUT2D eigenvalue weighted by atomic mass is 35.5. The number of thiophene rings is 1. The number of benzene rings is 1. The first-order valence-electron chi connectivity index (χ1n) is 6.82. The standard InChI is InChI=1S/C15H14ClNO3S2/c16-12-7-8-13(21-12)22(19,20)17-14(18)15(9-4-10-15)11-5-2-1-3-6-11/h1-3,5-8H,4,9-10H2,(H,17,18). The van der Waals surface area contributed by atoms with Gasteiger partial charge in [-0.3, -0.25) is 4.79 Å². The van der Waals surface area contributed by atoms with Crippen LogP contribution in [0.15, 0.2) is 46.7 Å². The molecule has 116 valence electrons. The number of carbonyl (C=O) groups excluding carboxylic acids is 1. The van der Waals surface area contributed by atoms with Crippen molar-refractivity contribution in [1.82, 2.24) is 4.72 Å². The molecule has 4 nitrogen and oxygen atoms in total. The molecule has 0 atom stereocenters. The molecular formula is C15H14ClNO3S2. The summed E-state index contributed by atoms with van der Waals surface area (Å²) in [5.74, 6) is -0.463. The minimum atomic E-state index is -3.87. The first kappa shape index (κ1) is 15.5. The zero-order valence-electron chi connectivity index (χ0n) is 11.6. The van der Waals surface area contributed by atoms with Gasteiger partial charge in [0.05, 0.1) is 9.75 Å².